The van der Waals surface area contributed by atoms with Gasteiger partial charge in [-0.1, -0.05) is 60.7 Å². The molecule has 0 N–H and O–H groups in total. The van der Waals surface area contributed by atoms with E-state index < -0.39 is 0 Å². The molecule has 4 rings (SSSR count). The Morgan fingerprint density at radius 3 is 2.04 bits per heavy atom. The molecule has 2 aromatic carbocycles. The average Bonchev–Trinajstić information content (AvgIpc) is 2.67. The van der Waals surface area contributed by atoms with Crippen LogP contribution in [0.25, 0.3) is 0 Å². The van der Waals surface area contributed by atoms with E-state index in [9.17, 15) is 0 Å². The first-order valence-electron chi connectivity index (χ1n) is 8.58. The Balaban J connectivity index is 1.87. The lowest BCUT2D eigenvalue weighted by Gasteiger charge is -2.17. The van der Waals surface area contributed by atoms with Crippen molar-refractivity contribution >= 4 is 11.5 Å². The molecule has 0 fully saturated rings. The Morgan fingerprint density at radius 1 is 0.750 bits per heavy atom. The second kappa shape index (κ2) is 6.79. The summed E-state index contributed by atoms with van der Waals surface area (Å²) < 4.78 is 0. The van der Waals surface area contributed by atoms with E-state index in [1.54, 1.807) is 0 Å². The summed E-state index contributed by atoms with van der Waals surface area (Å²) in [6.07, 6.45) is 6.62. The Labute approximate surface area is 142 Å². The summed E-state index contributed by atoms with van der Waals surface area (Å²) in [5, 5.41) is 0. The molecular weight excluding hydrogens is 292 g/mol. The first-order valence-corrected chi connectivity index (χ1v) is 8.58. The van der Waals surface area contributed by atoms with Crippen LogP contribution in [0, 0.1) is 0 Å². The van der Waals surface area contributed by atoms with Crippen LogP contribution in [0.4, 0.5) is 5.82 Å². The Bertz CT molecular complexity index is 810. The molecule has 0 saturated heterocycles. The van der Waals surface area contributed by atoms with Crippen LogP contribution in [0.1, 0.15) is 35.1 Å². The summed E-state index contributed by atoms with van der Waals surface area (Å²) in [5.74, 6) is 0.884. The zero-order chi connectivity index (χ0) is 16.2. The number of hydrogen-bond donors (Lipinski definition) is 0. The molecule has 0 bridgehead atoms. The highest BCUT2D eigenvalue weighted by molar-refractivity contribution is 6.13. The van der Waals surface area contributed by atoms with Gasteiger partial charge < -0.3 is 0 Å². The summed E-state index contributed by atoms with van der Waals surface area (Å²) in [4.78, 5) is 9.61. The van der Waals surface area contributed by atoms with E-state index in [2.05, 4.69) is 59.6 Å². The maximum atomic E-state index is 5.02. The van der Waals surface area contributed by atoms with Crippen LogP contribution in [0.5, 0.6) is 0 Å². The summed E-state index contributed by atoms with van der Waals surface area (Å²) in [6.45, 7) is 0. The molecule has 0 atom stereocenters. The van der Waals surface area contributed by atoms with Crippen molar-refractivity contribution in [1.29, 1.82) is 0 Å². The summed E-state index contributed by atoms with van der Waals surface area (Å²) in [7, 11) is 0. The van der Waals surface area contributed by atoms with Gasteiger partial charge in [-0.15, -0.1) is 0 Å². The minimum Gasteiger partial charge on any atom is -0.237 e. The van der Waals surface area contributed by atoms with Crippen molar-refractivity contribution in [2.24, 2.45) is 4.99 Å². The predicted octanol–water partition coefficient (Wildman–Crippen LogP) is 5.13. The molecule has 1 aliphatic rings. The molecule has 0 unspecified atom stereocenters. The monoisotopic (exact) mass is 312 g/mol. The molecule has 2 nitrogen and oxygen atoms in total. The number of aromatic nitrogens is 1. The van der Waals surface area contributed by atoms with Crippen LogP contribution in [-0.2, 0) is 12.8 Å². The van der Waals surface area contributed by atoms with Gasteiger partial charge in [-0.2, -0.15) is 0 Å². The highest BCUT2D eigenvalue weighted by Gasteiger charge is 2.15. The van der Waals surface area contributed by atoms with Crippen LogP contribution < -0.4 is 0 Å². The van der Waals surface area contributed by atoms with Crippen molar-refractivity contribution < 1.29 is 0 Å². The van der Waals surface area contributed by atoms with Gasteiger partial charge in [-0.3, -0.25) is 0 Å². The lowest BCUT2D eigenvalue weighted by molar-refractivity contribution is 0.683. The lowest BCUT2D eigenvalue weighted by Crippen LogP contribution is -2.06. The normalized spacial score (nSPS) is 13.2. The first kappa shape index (κ1) is 14.8. The van der Waals surface area contributed by atoms with E-state index in [4.69, 9.17) is 4.99 Å². The van der Waals surface area contributed by atoms with Gasteiger partial charge in [-0.05, 0) is 37.3 Å². The average molecular weight is 312 g/mol. The van der Waals surface area contributed by atoms with Crippen molar-refractivity contribution in [3.8, 4) is 0 Å². The number of hydrogen-bond acceptors (Lipinski definition) is 2. The molecule has 2 heteroatoms. The first-order chi connectivity index (χ1) is 11.9. The standard InChI is InChI=1S/C22H20N2/c1-3-10-18(11-4-1)21(19-12-5-2-6-13-19)24-22-20-14-8-7-9-17(20)15-16-23-22/h1-6,10-13,15-16H,7-9,14H2. The van der Waals surface area contributed by atoms with E-state index in [-0.39, 0.29) is 0 Å². The summed E-state index contributed by atoms with van der Waals surface area (Å²) >= 11 is 0. The second-order valence-electron chi connectivity index (χ2n) is 6.17. The maximum Gasteiger partial charge on any atom is 0.155 e. The quantitative estimate of drug-likeness (QED) is 0.615. The molecule has 0 spiro atoms. The van der Waals surface area contributed by atoms with Crippen molar-refractivity contribution in [1.82, 2.24) is 4.98 Å². The minimum absolute atomic E-state index is 0.884. The highest BCUT2D eigenvalue weighted by atomic mass is 14.9. The Kier molecular flexibility index (Phi) is 4.20. The number of aryl methyl sites for hydroxylation is 1. The molecule has 1 aliphatic carbocycles. The van der Waals surface area contributed by atoms with Crippen molar-refractivity contribution in [3.05, 3.63) is 95.2 Å². The van der Waals surface area contributed by atoms with E-state index >= 15 is 0 Å². The lowest BCUT2D eigenvalue weighted by atomic mass is 9.92. The fourth-order valence-corrected chi connectivity index (χ4v) is 3.33. The predicted molar refractivity (Wildman–Crippen MR) is 99.1 cm³/mol. The van der Waals surface area contributed by atoms with Crippen LogP contribution >= 0.6 is 0 Å². The number of pyridine rings is 1. The molecule has 24 heavy (non-hydrogen) atoms. The zero-order valence-electron chi connectivity index (χ0n) is 13.7. The fraction of sp³-hybridized carbons (Fsp3) is 0.182. The Hall–Kier alpha value is -2.74. The molecule has 0 saturated carbocycles. The molecule has 1 aromatic heterocycles. The molecule has 0 aliphatic heterocycles. The van der Waals surface area contributed by atoms with Crippen LogP contribution in [-0.4, -0.2) is 10.7 Å². The smallest absolute Gasteiger partial charge is 0.155 e. The van der Waals surface area contributed by atoms with Crippen molar-refractivity contribution in [2.75, 3.05) is 0 Å². The van der Waals surface area contributed by atoms with E-state index in [1.807, 2.05) is 18.3 Å². The van der Waals surface area contributed by atoms with Crippen molar-refractivity contribution in [3.63, 3.8) is 0 Å². The van der Waals surface area contributed by atoms with Gasteiger partial charge in [0.2, 0.25) is 0 Å². The highest BCUT2D eigenvalue weighted by Crippen LogP contribution is 2.29. The van der Waals surface area contributed by atoms with E-state index in [1.165, 1.54) is 24.0 Å². The molecule has 0 amide bonds. The van der Waals surface area contributed by atoms with Gasteiger partial charge in [0.05, 0.1) is 5.71 Å². The fourth-order valence-electron chi connectivity index (χ4n) is 3.33. The SMILES string of the molecule is c1ccc(C(=Nc2nccc3c2CCCC3)c2ccccc2)cc1. The number of fused-ring (bicyclic) bond motifs is 1. The third-order valence-electron chi connectivity index (χ3n) is 4.57. The number of benzene rings is 2. The zero-order valence-corrected chi connectivity index (χ0v) is 13.7. The molecule has 1 heterocycles. The summed E-state index contributed by atoms with van der Waals surface area (Å²) in [5.41, 5.74) is 5.98. The third-order valence-corrected chi connectivity index (χ3v) is 4.57. The Morgan fingerprint density at radius 2 is 1.38 bits per heavy atom. The molecule has 3 aromatic rings. The van der Waals surface area contributed by atoms with Crippen LogP contribution in [0.3, 0.4) is 0 Å². The van der Waals surface area contributed by atoms with Gasteiger partial charge >= 0.3 is 0 Å². The van der Waals surface area contributed by atoms with Gasteiger partial charge in [0.25, 0.3) is 0 Å². The van der Waals surface area contributed by atoms with Crippen LogP contribution in [0.2, 0.25) is 0 Å². The third kappa shape index (κ3) is 3.00. The molecular formula is C22H20N2. The number of aliphatic imine (C=N–C) groups is 1. The molecule has 0 radical (unpaired) electrons. The van der Waals surface area contributed by atoms with E-state index in [0.29, 0.717) is 0 Å². The van der Waals surface area contributed by atoms with Gasteiger partial charge in [0.15, 0.2) is 5.82 Å². The van der Waals surface area contributed by atoms with Crippen LogP contribution in [0.15, 0.2) is 77.9 Å². The number of rotatable bonds is 3. The maximum absolute atomic E-state index is 5.02. The topological polar surface area (TPSA) is 25.2 Å². The van der Waals surface area contributed by atoms with Crippen molar-refractivity contribution in [2.45, 2.75) is 25.7 Å². The van der Waals surface area contributed by atoms with E-state index in [0.717, 1.165) is 35.5 Å². The van der Waals surface area contributed by atoms with Gasteiger partial charge in [0.1, 0.15) is 0 Å². The molecule has 118 valence electrons. The minimum atomic E-state index is 0.884. The number of nitrogens with zero attached hydrogens (tertiary/aromatic N) is 2. The van der Waals surface area contributed by atoms with Gasteiger partial charge in [0, 0.05) is 22.9 Å². The largest absolute Gasteiger partial charge is 0.237 e. The second-order valence-corrected chi connectivity index (χ2v) is 6.17. The summed E-state index contributed by atoms with van der Waals surface area (Å²) in [6, 6.07) is 22.9. The van der Waals surface area contributed by atoms with Gasteiger partial charge in [-0.25, -0.2) is 9.98 Å².